The van der Waals surface area contributed by atoms with E-state index in [1.54, 1.807) is 0 Å². The number of fused-ring (bicyclic) bond motifs is 1. The lowest BCUT2D eigenvalue weighted by Gasteiger charge is -2.45. The second kappa shape index (κ2) is 6.44. The molecule has 146 valence electrons. The van der Waals surface area contributed by atoms with Gasteiger partial charge in [-0.25, -0.2) is 0 Å². The van der Waals surface area contributed by atoms with Gasteiger partial charge in [0.1, 0.15) is 0 Å². The van der Waals surface area contributed by atoms with Crippen LogP contribution in [-0.2, 0) is 5.41 Å². The summed E-state index contributed by atoms with van der Waals surface area (Å²) in [5, 5.41) is 2.67. The van der Waals surface area contributed by atoms with Crippen molar-refractivity contribution in [2.24, 2.45) is 17.3 Å². The Balaban J connectivity index is 2.02. The highest BCUT2D eigenvalue weighted by Crippen LogP contribution is 2.56. The van der Waals surface area contributed by atoms with Crippen LogP contribution >= 0.6 is 0 Å². The molecule has 0 fully saturated rings. The number of hydrogen-bond donors (Lipinski definition) is 0. The molecule has 1 nitrogen and oxygen atoms in total. The summed E-state index contributed by atoms with van der Waals surface area (Å²) in [5.74, 6) is 1.01. The maximum atomic E-state index is 4.97. The third-order valence-electron chi connectivity index (χ3n) is 6.83. The van der Waals surface area contributed by atoms with Crippen LogP contribution < -0.4 is 0 Å². The fraction of sp³-hybridized carbons (Fsp3) is 0.444. The Morgan fingerprint density at radius 1 is 1.18 bits per heavy atom. The molecule has 1 aromatic carbocycles. The molecule has 0 saturated heterocycles. The van der Waals surface area contributed by atoms with E-state index in [0.29, 0.717) is 11.8 Å². The van der Waals surface area contributed by atoms with Crippen LogP contribution in [0.25, 0.3) is 16.3 Å². The van der Waals surface area contributed by atoms with E-state index in [-0.39, 0.29) is 10.8 Å². The zero-order valence-electron chi connectivity index (χ0n) is 18.4. The largest absolute Gasteiger partial charge is 0.256 e. The van der Waals surface area contributed by atoms with Crippen molar-refractivity contribution in [1.82, 2.24) is 4.98 Å². The Bertz CT molecular complexity index is 1020. The first-order valence-electron chi connectivity index (χ1n) is 10.6. The number of rotatable bonds is 3. The summed E-state index contributed by atoms with van der Waals surface area (Å²) in [4.78, 5) is 4.97. The molecule has 2 aromatic rings. The van der Waals surface area contributed by atoms with Gasteiger partial charge in [0.2, 0.25) is 0 Å². The third-order valence-corrected chi connectivity index (χ3v) is 6.83. The normalized spacial score (nSPS) is 21.4. The zero-order valence-corrected chi connectivity index (χ0v) is 18.4. The Kier molecular flexibility index (Phi) is 4.41. The molecule has 0 aliphatic heterocycles. The molecule has 0 amide bonds. The summed E-state index contributed by atoms with van der Waals surface area (Å²) < 4.78 is 0. The second-order valence-corrected chi connectivity index (χ2v) is 10.1. The zero-order chi connectivity index (χ0) is 20.3. The van der Waals surface area contributed by atoms with Gasteiger partial charge in [-0.15, -0.1) is 0 Å². The summed E-state index contributed by atoms with van der Waals surface area (Å²) in [5.41, 5.74) is 7.09. The van der Waals surface area contributed by atoms with E-state index in [4.69, 9.17) is 4.98 Å². The van der Waals surface area contributed by atoms with Crippen molar-refractivity contribution in [3.8, 4) is 0 Å². The Labute approximate surface area is 170 Å². The fourth-order valence-corrected chi connectivity index (χ4v) is 5.34. The average molecular weight is 372 g/mol. The lowest BCUT2D eigenvalue weighted by molar-refractivity contribution is 0.347. The van der Waals surface area contributed by atoms with Crippen molar-refractivity contribution >= 4 is 16.3 Å². The molecule has 1 atom stereocenters. The molecule has 1 aromatic heterocycles. The van der Waals surface area contributed by atoms with Gasteiger partial charge in [-0.2, -0.15) is 0 Å². The van der Waals surface area contributed by atoms with Gasteiger partial charge in [0, 0.05) is 17.0 Å². The quantitative estimate of drug-likeness (QED) is 0.509. The smallest absolute Gasteiger partial charge is 0.0749 e. The summed E-state index contributed by atoms with van der Waals surface area (Å²) in [6.07, 6.45) is 10.3. The molecular weight excluding hydrogens is 338 g/mol. The molecule has 0 spiro atoms. The van der Waals surface area contributed by atoms with Crippen LogP contribution in [-0.4, -0.2) is 4.98 Å². The average Bonchev–Trinajstić information content (AvgIpc) is 2.64. The van der Waals surface area contributed by atoms with Crippen molar-refractivity contribution in [2.75, 3.05) is 0 Å². The minimum atomic E-state index is -0.0119. The predicted molar refractivity (Wildman–Crippen MR) is 121 cm³/mol. The molecule has 0 radical (unpaired) electrons. The van der Waals surface area contributed by atoms with Gasteiger partial charge in [0.05, 0.1) is 5.69 Å². The minimum absolute atomic E-state index is 0.0119. The molecule has 2 aliphatic rings. The highest BCUT2D eigenvalue weighted by molar-refractivity contribution is 6.00. The molecule has 4 rings (SSSR count). The number of pyridine rings is 1. The Morgan fingerprint density at radius 3 is 2.64 bits per heavy atom. The molecule has 28 heavy (non-hydrogen) atoms. The van der Waals surface area contributed by atoms with Gasteiger partial charge >= 0.3 is 0 Å². The summed E-state index contributed by atoms with van der Waals surface area (Å²) in [6, 6.07) is 8.89. The Hall–Kier alpha value is -2.15. The van der Waals surface area contributed by atoms with Crippen molar-refractivity contribution in [3.05, 3.63) is 71.1 Å². The van der Waals surface area contributed by atoms with E-state index in [0.717, 1.165) is 6.42 Å². The highest BCUT2D eigenvalue weighted by atomic mass is 14.7. The number of hydrogen-bond acceptors (Lipinski definition) is 1. The van der Waals surface area contributed by atoms with Crippen LogP contribution in [0.3, 0.4) is 0 Å². The first kappa shape index (κ1) is 19.2. The van der Waals surface area contributed by atoms with Crippen molar-refractivity contribution in [1.29, 1.82) is 0 Å². The molecular formula is C27H33N. The van der Waals surface area contributed by atoms with E-state index in [9.17, 15) is 0 Å². The maximum absolute atomic E-state index is 4.97. The van der Waals surface area contributed by atoms with Gasteiger partial charge in [0.15, 0.2) is 0 Å². The van der Waals surface area contributed by atoms with E-state index in [1.165, 1.54) is 38.7 Å². The molecule has 1 heteroatoms. The Morgan fingerprint density at radius 2 is 1.93 bits per heavy atom. The van der Waals surface area contributed by atoms with Crippen LogP contribution in [0.5, 0.6) is 0 Å². The van der Waals surface area contributed by atoms with Gasteiger partial charge < -0.3 is 0 Å². The van der Waals surface area contributed by atoms with E-state index in [2.05, 4.69) is 91.0 Å². The molecule has 1 heterocycles. The minimum Gasteiger partial charge on any atom is -0.256 e. The van der Waals surface area contributed by atoms with Crippen LogP contribution in [0.15, 0.2) is 59.8 Å². The lowest BCUT2D eigenvalue weighted by Crippen LogP contribution is -2.34. The monoisotopic (exact) mass is 371 g/mol. The summed E-state index contributed by atoms with van der Waals surface area (Å²) >= 11 is 0. The first-order valence-corrected chi connectivity index (χ1v) is 10.6. The van der Waals surface area contributed by atoms with Gasteiger partial charge in [-0.1, -0.05) is 83.5 Å². The number of benzene rings is 1. The van der Waals surface area contributed by atoms with Gasteiger partial charge in [-0.3, -0.25) is 4.98 Å². The summed E-state index contributed by atoms with van der Waals surface area (Å²) in [7, 11) is 0. The molecule has 1 unspecified atom stereocenters. The van der Waals surface area contributed by atoms with E-state index < -0.39 is 0 Å². The lowest BCUT2D eigenvalue weighted by atomic mass is 9.59. The van der Waals surface area contributed by atoms with E-state index in [1.807, 2.05) is 6.20 Å². The topological polar surface area (TPSA) is 12.9 Å². The second-order valence-electron chi connectivity index (χ2n) is 10.1. The molecule has 0 bridgehead atoms. The standard InChI is InChI=1S/C27H33N/c1-17(2)13-15-26(4,5)20-12-11-18(3)24-23(20)25-22-19(14-16-28-25)9-8-10-21(22)27(24,6)7/h8-11,13-17,20H,12H2,1-7H3. The van der Waals surface area contributed by atoms with Crippen LogP contribution in [0.1, 0.15) is 66.1 Å². The molecule has 2 aliphatic carbocycles. The van der Waals surface area contributed by atoms with E-state index >= 15 is 0 Å². The highest BCUT2D eigenvalue weighted by Gasteiger charge is 2.43. The van der Waals surface area contributed by atoms with Crippen molar-refractivity contribution in [2.45, 2.75) is 60.3 Å². The van der Waals surface area contributed by atoms with Crippen LogP contribution in [0.2, 0.25) is 0 Å². The summed E-state index contributed by atoms with van der Waals surface area (Å²) in [6.45, 7) is 16.4. The maximum Gasteiger partial charge on any atom is 0.0749 e. The van der Waals surface area contributed by atoms with Crippen LogP contribution in [0, 0.1) is 17.3 Å². The third kappa shape index (κ3) is 2.79. The van der Waals surface area contributed by atoms with Gasteiger partial charge in [0.25, 0.3) is 0 Å². The van der Waals surface area contributed by atoms with Crippen LogP contribution in [0.4, 0.5) is 0 Å². The number of allylic oxidation sites excluding steroid dienone is 6. The van der Waals surface area contributed by atoms with Gasteiger partial charge in [-0.05, 0) is 58.8 Å². The molecule has 0 N–H and O–H groups in total. The predicted octanol–water partition coefficient (Wildman–Crippen LogP) is 7.48. The fourth-order valence-electron chi connectivity index (χ4n) is 5.34. The first-order chi connectivity index (χ1) is 13.1. The molecule has 0 saturated carbocycles. The number of nitrogens with zero attached hydrogens (tertiary/aromatic N) is 1. The van der Waals surface area contributed by atoms with Crippen molar-refractivity contribution < 1.29 is 0 Å². The SMILES string of the molecule is CC1=CCC(C(C)(C)C=CC(C)C)C2=C1C(C)(C)c1cccc3ccnc2c13. The van der Waals surface area contributed by atoms with Crippen molar-refractivity contribution in [3.63, 3.8) is 0 Å². The number of aromatic nitrogens is 1.